The number of carboxylic acids is 1. The molecule has 0 aliphatic heterocycles. The van der Waals surface area contributed by atoms with Crippen LogP contribution in [0.3, 0.4) is 0 Å². The van der Waals surface area contributed by atoms with Crippen LogP contribution in [-0.2, 0) is 9.36 Å². The Morgan fingerprint density at radius 1 is 1.43 bits per heavy atom. The summed E-state index contributed by atoms with van der Waals surface area (Å²) in [6.45, 7) is 3.11. The third-order valence-electron chi connectivity index (χ3n) is 2.99. The van der Waals surface area contributed by atoms with Crippen LogP contribution in [0.4, 0.5) is 0 Å². The van der Waals surface area contributed by atoms with Gasteiger partial charge in [-0.25, -0.2) is 5.09 Å². The monoisotopic (exact) mass is 453 g/mol. The zero-order valence-electron chi connectivity index (χ0n) is 13.0. The Kier molecular flexibility index (Phi) is 8.25. The minimum atomic E-state index is -3.39. The lowest BCUT2D eigenvalue weighted by atomic mass is 10.3. The number of allylic oxidation sites excluding steroid dienone is 1. The maximum Gasteiger partial charge on any atom is 0.320 e. The second-order valence-electron chi connectivity index (χ2n) is 5.13. The summed E-state index contributed by atoms with van der Waals surface area (Å²) in [5, 5.41) is 20.6. The van der Waals surface area contributed by atoms with Crippen LogP contribution in [0.2, 0.25) is 0 Å². The molecule has 0 aromatic heterocycles. The Hall–Kier alpha value is -0.890. The molecule has 0 spiro atoms. The van der Waals surface area contributed by atoms with E-state index >= 15 is 0 Å². The molecule has 128 valence electrons. The number of aliphatic carboxylic acids is 1. The summed E-state index contributed by atoms with van der Waals surface area (Å²) in [5.74, 6) is -0.680. The van der Waals surface area contributed by atoms with E-state index in [1.807, 2.05) is 12.1 Å². The highest BCUT2D eigenvalue weighted by Gasteiger charge is 2.28. The van der Waals surface area contributed by atoms with E-state index in [1.165, 1.54) is 6.92 Å². The minimum absolute atomic E-state index is 0.0682. The molecule has 1 unspecified atom stereocenters. The molecule has 3 N–H and O–H groups in total. The van der Waals surface area contributed by atoms with Crippen LogP contribution in [0.15, 0.2) is 35.9 Å². The Balaban J connectivity index is 2.88. The largest absolute Gasteiger partial charge is 0.480 e. The molecule has 1 aromatic carbocycles. The summed E-state index contributed by atoms with van der Waals surface area (Å²) in [4.78, 5) is 11.0. The van der Waals surface area contributed by atoms with Crippen LogP contribution >= 0.6 is 30.1 Å². The predicted octanol–water partition coefficient (Wildman–Crippen LogP) is 3.25. The number of rotatable bonds is 9. The summed E-state index contributed by atoms with van der Waals surface area (Å²) >= 11 is 2.15. The quantitative estimate of drug-likeness (QED) is 0.302. The molecule has 0 aliphatic rings. The Bertz CT molecular complexity index is 602. The first-order valence-corrected chi connectivity index (χ1v) is 9.96. The average molecular weight is 453 g/mol. The van der Waals surface area contributed by atoms with Crippen molar-refractivity contribution in [3.63, 3.8) is 0 Å². The maximum atomic E-state index is 13.0. The van der Waals surface area contributed by atoms with Crippen LogP contribution in [0.25, 0.3) is 0 Å². The van der Waals surface area contributed by atoms with Gasteiger partial charge >= 0.3 is 13.5 Å². The van der Waals surface area contributed by atoms with Crippen LogP contribution < -0.4 is 9.61 Å². The number of hydrogen-bond donors (Lipinski definition) is 3. The molecule has 0 radical (unpaired) electrons. The molecule has 8 heteroatoms. The molecule has 0 heterocycles. The molecule has 0 amide bonds. The van der Waals surface area contributed by atoms with Crippen molar-refractivity contribution in [1.29, 1.82) is 0 Å². The van der Waals surface area contributed by atoms with E-state index in [0.29, 0.717) is 12.2 Å². The number of nitrogens with one attached hydrogen (secondary N) is 1. The van der Waals surface area contributed by atoms with Gasteiger partial charge in [0, 0.05) is 3.57 Å². The molecular formula is C15H21INO5P. The lowest BCUT2D eigenvalue weighted by Crippen LogP contribution is -2.33. The maximum absolute atomic E-state index is 13.0. The number of aliphatic hydroxyl groups excluding tert-OH is 1. The number of halogens is 1. The normalized spacial score (nSPS) is 15.7. The highest BCUT2D eigenvalue weighted by Crippen LogP contribution is 2.44. The van der Waals surface area contributed by atoms with E-state index < -0.39 is 19.5 Å². The highest BCUT2D eigenvalue weighted by atomic mass is 127. The fraction of sp³-hybridized carbons (Fsp3) is 0.400. The van der Waals surface area contributed by atoms with Gasteiger partial charge in [-0.3, -0.25) is 9.36 Å². The molecule has 2 atom stereocenters. The van der Waals surface area contributed by atoms with Gasteiger partial charge in [-0.2, -0.15) is 0 Å². The van der Waals surface area contributed by atoms with Crippen molar-refractivity contribution in [1.82, 2.24) is 5.09 Å². The summed E-state index contributed by atoms with van der Waals surface area (Å²) in [5.41, 5.74) is 0.761. The van der Waals surface area contributed by atoms with Crippen molar-refractivity contribution >= 4 is 36.1 Å². The molecule has 1 aromatic rings. The summed E-state index contributed by atoms with van der Waals surface area (Å²) < 4.78 is 19.6. The number of carbonyl (C=O) groups is 1. The van der Waals surface area contributed by atoms with Crippen molar-refractivity contribution in [3.05, 3.63) is 39.5 Å². The van der Waals surface area contributed by atoms with Gasteiger partial charge in [-0.05, 0) is 67.1 Å². The van der Waals surface area contributed by atoms with Gasteiger partial charge in [0.15, 0.2) is 0 Å². The van der Waals surface area contributed by atoms with Gasteiger partial charge in [-0.1, -0.05) is 11.6 Å². The van der Waals surface area contributed by atoms with E-state index in [9.17, 15) is 9.36 Å². The highest BCUT2D eigenvalue weighted by molar-refractivity contribution is 14.1. The molecule has 23 heavy (non-hydrogen) atoms. The van der Waals surface area contributed by atoms with Crippen molar-refractivity contribution < 1.29 is 24.1 Å². The van der Waals surface area contributed by atoms with Gasteiger partial charge in [0.25, 0.3) is 0 Å². The molecule has 0 aliphatic carbocycles. The standard InChI is InChI=1S/C15H21INO5P/c1-11(10-18)4-3-9-23(21,17-12(2)15(19)20)22-14-7-5-13(16)6-8-14/h4-8,12,18H,3,9-10H2,1-2H3,(H,17,21)(H,19,20)/b11-4+/t12-,23?/m0/s1. The Labute approximate surface area is 149 Å². The Morgan fingerprint density at radius 2 is 2.04 bits per heavy atom. The number of aliphatic hydroxyl groups is 1. The second kappa shape index (κ2) is 9.42. The average Bonchev–Trinajstić information content (AvgIpc) is 2.49. The smallest absolute Gasteiger partial charge is 0.320 e. The fourth-order valence-electron chi connectivity index (χ4n) is 1.70. The molecular weight excluding hydrogens is 432 g/mol. The van der Waals surface area contributed by atoms with Gasteiger partial charge in [0.1, 0.15) is 11.8 Å². The molecule has 1 rings (SSSR count). The number of carboxylic acid groups (broad SMARTS) is 1. The van der Waals surface area contributed by atoms with Gasteiger partial charge in [-0.15, -0.1) is 0 Å². The summed E-state index contributed by atoms with van der Waals surface area (Å²) in [6, 6.07) is 6.02. The first-order valence-electron chi connectivity index (χ1n) is 7.07. The Morgan fingerprint density at radius 3 is 2.57 bits per heavy atom. The zero-order valence-corrected chi connectivity index (χ0v) is 16.1. The summed E-state index contributed by atoms with van der Waals surface area (Å²) in [7, 11) is -3.39. The van der Waals surface area contributed by atoms with E-state index in [4.69, 9.17) is 14.7 Å². The van der Waals surface area contributed by atoms with E-state index in [2.05, 4.69) is 27.7 Å². The van der Waals surface area contributed by atoms with Gasteiger partial charge < -0.3 is 14.7 Å². The first kappa shape index (κ1) is 20.2. The number of hydrogen-bond acceptors (Lipinski definition) is 4. The third-order valence-corrected chi connectivity index (χ3v) is 5.85. The molecule has 0 saturated carbocycles. The SMILES string of the molecule is C/C(=C\CCP(=O)(N[C@@H](C)C(=O)O)Oc1ccc(I)cc1)CO. The lowest BCUT2D eigenvalue weighted by molar-refractivity contribution is -0.138. The lowest BCUT2D eigenvalue weighted by Gasteiger charge is -2.22. The molecule has 0 saturated heterocycles. The van der Waals surface area contributed by atoms with Crippen LogP contribution in [0.5, 0.6) is 5.75 Å². The minimum Gasteiger partial charge on any atom is -0.480 e. The van der Waals surface area contributed by atoms with Crippen LogP contribution in [-0.4, -0.2) is 35.0 Å². The third kappa shape index (κ3) is 7.48. The summed E-state index contributed by atoms with van der Waals surface area (Å²) in [6.07, 6.45) is 2.30. The first-order chi connectivity index (χ1) is 10.8. The predicted molar refractivity (Wildman–Crippen MR) is 98.0 cm³/mol. The molecule has 6 nitrogen and oxygen atoms in total. The van der Waals surface area contributed by atoms with Crippen LogP contribution in [0.1, 0.15) is 20.3 Å². The molecule has 0 bridgehead atoms. The molecule has 0 fully saturated rings. The number of benzene rings is 1. The van der Waals surface area contributed by atoms with Crippen molar-refractivity contribution in [2.24, 2.45) is 0 Å². The van der Waals surface area contributed by atoms with Gasteiger partial charge in [0.05, 0.1) is 12.8 Å². The van der Waals surface area contributed by atoms with Gasteiger partial charge in [0.2, 0.25) is 0 Å². The van der Waals surface area contributed by atoms with Crippen LogP contribution in [0, 0.1) is 3.57 Å². The van der Waals surface area contributed by atoms with Crippen molar-refractivity contribution in [3.8, 4) is 5.75 Å². The fourth-order valence-corrected chi connectivity index (χ4v) is 3.96. The zero-order chi connectivity index (χ0) is 17.5. The van der Waals surface area contributed by atoms with E-state index in [0.717, 1.165) is 9.14 Å². The van der Waals surface area contributed by atoms with E-state index in [1.54, 1.807) is 25.1 Å². The topological polar surface area (TPSA) is 95.9 Å². The van der Waals surface area contributed by atoms with E-state index in [-0.39, 0.29) is 12.8 Å². The van der Waals surface area contributed by atoms with Crippen molar-refractivity contribution in [2.45, 2.75) is 26.3 Å². The van der Waals surface area contributed by atoms with Crippen molar-refractivity contribution in [2.75, 3.05) is 12.8 Å². The second-order valence-corrected chi connectivity index (χ2v) is 8.61.